The third-order valence-electron chi connectivity index (χ3n) is 2.58. The highest BCUT2D eigenvalue weighted by molar-refractivity contribution is 7.92. The van der Waals surface area contributed by atoms with Crippen molar-refractivity contribution in [2.24, 2.45) is 0 Å². The van der Waals surface area contributed by atoms with Crippen LogP contribution in [0.4, 0.5) is 0 Å². The molecule has 0 aromatic heterocycles. The number of amides is 2. The first kappa shape index (κ1) is 19.4. The molecule has 0 saturated carbocycles. The molecule has 0 aliphatic carbocycles. The Morgan fingerprint density at radius 1 is 1.19 bits per heavy atom. The second-order valence-electron chi connectivity index (χ2n) is 4.90. The fourth-order valence-corrected chi connectivity index (χ4v) is 3.09. The van der Waals surface area contributed by atoms with Gasteiger partial charge in [0.25, 0.3) is 0 Å². The summed E-state index contributed by atoms with van der Waals surface area (Å²) in [5, 5.41) is 13.4. The highest BCUT2D eigenvalue weighted by atomic mass is 32.2. The van der Waals surface area contributed by atoms with Gasteiger partial charge in [0.05, 0.1) is 5.75 Å². The first-order valence-corrected chi connectivity index (χ1v) is 8.39. The van der Waals surface area contributed by atoms with Crippen LogP contribution in [0, 0.1) is 0 Å². The molecule has 0 aliphatic heterocycles. The van der Waals surface area contributed by atoms with Crippen molar-refractivity contribution in [2.75, 3.05) is 11.5 Å². The molecule has 0 rings (SSSR count). The van der Waals surface area contributed by atoms with Gasteiger partial charge in [-0.25, -0.2) is 13.2 Å². The standard InChI is InChI=1S/C12H22N2O6S/c1-4-5-8(2)13-11(16)7-21(19,20)6-10(12(17)18)14-9(3)15/h8,10H,4-7H2,1-3H3,(H,13,16)(H,14,15)(H,17,18)/t8?,10-/m0/s1. The number of carboxylic acids is 1. The fourth-order valence-electron chi connectivity index (χ4n) is 1.75. The summed E-state index contributed by atoms with van der Waals surface area (Å²) >= 11 is 0. The van der Waals surface area contributed by atoms with Gasteiger partial charge in [0.15, 0.2) is 9.84 Å². The lowest BCUT2D eigenvalue weighted by molar-refractivity contribution is -0.140. The smallest absolute Gasteiger partial charge is 0.327 e. The zero-order chi connectivity index (χ0) is 16.6. The van der Waals surface area contributed by atoms with Gasteiger partial charge in [0.1, 0.15) is 11.8 Å². The number of nitrogens with one attached hydrogen (secondary N) is 2. The van der Waals surface area contributed by atoms with Crippen molar-refractivity contribution in [3.05, 3.63) is 0 Å². The summed E-state index contributed by atoms with van der Waals surface area (Å²) < 4.78 is 23.6. The van der Waals surface area contributed by atoms with Crippen molar-refractivity contribution < 1.29 is 27.9 Å². The monoisotopic (exact) mass is 322 g/mol. The molecule has 0 saturated heterocycles. The zero-order valence-corrected chi connectivity index (χ0v) is 13.2. The Morgan fingerprint density at radius 2 is 1.76 bits per heavy atom. The average molecular weight is 322 g/mol. The van der Waals surface area contributed by atoms with Crippen molar-refractivity contribution in [1.82, 2.24) is 10.6 Å². The van der Waals surface area contributed by atoms with E-state index in [2.05, 4.69) is 5.32 Å². The van der Waals surface area contributed by atoms with E-state index in [1.54, 1.807) is 6.92 Å². The molecule has 2 amide bonds. The van der Waals surface area contributed by atoms with Crippen molar-refractivity contribution >= 4 is 27.6 Å². The van der Waals surface area contributed by atoms with Gasteiger partial charge in [0.2, 0.25) is 11.8 Å². The third-order valence-corrected chi connectivity index (χ3v) is 4.12. The van der Waals surface area contributed by atoms with Crippen molar-refractivity contribution in [2.45, 2.75) is 45.7 Å². The van der Waals surface area contributed by atoms with Crippen molar-refractivity contribution in [1.29, 1.82) is 0 Å². The Balaban J connectivity index is 4.63. The molecule has 21 heavy (non-hydrogen) atoms. The van der Waals surface area contributed by atoms with E-state index in [0.29, 0.717) is 0 Å². The lowest BCUT2D eigenvalue weighted by Crippen LogP contribution is -2.46. The summed E-state index contributed by atoms with van der Waals surface area (Å²) in [6.07, 6.45) is 1.56. The number of carbonyl (C=O) groups is 3. The highest BCUT2D eigenvalue weighted by Crippen LogP contribution is 1.99. The Labute approximate surface area is 124 Å². The molecule has 0 aromatic carbocycles. The van der Waals surface area contributed by atoms with Gasteiger partial charge in [-0.3, -0.25) is 9.59 Å². The van der Waals surface area contributed by atoms with Crippen molar-refractivity contribution in [3.8, 4) is 0 Å². The van der Waals surface area contributed by atoms with E-state index < -0.39 is 45.2 Å². The number of carbonyl (C=O) groups excluding carboxylic acids is 2. The Morgan fingerprint density at radius 3 is 2.19 bits per heavy atom. The fraction of sp³-hybridized carbons (Fsp3) is 0.750. The minimum absolute atomic E-state index is 0.150. The van der Waals surface area contributed by atoms with E-state index in [-0.39, 0.29) is 6.04 Å². The third kappa shape index (κ3) is 9.01. The van der Waals surface area contributed by atoms with Gasteiger partial charge in [0, 0.05) is 13.0 Å². The largest absolute Gasteiger partial charge is 0.480 e. The predicted molar refractivity (Wildman–Crippen MR) is 76.4 cm³/mol. The Bertz CT molecular complexity index is 488. The molecule has 0 aromatic rings. The van der Waals surface area contributed by atoms with E-state index in [1.807, 2.05) is 12.2 Å². The van der Waals surface area contributed by atoms with E-state index in [4.69, 9.17) is 5.11 Å². The summed E-state index contributed by atoms with van der Waals surface area (Å²) in [7, 11) is -3.94. The minimum atomic E-state index is -3.94. The number of aliphatic carboxylic acids is 1. The second-order valence-corrected chi connectivity index (χ2v) is 7.01. The number of sulfone groups is 1. The molecule has 0 bridgehead atoms. The number of carboxylic acid groups (broad SMARTS) is 1. The van der Waals surface area contributed by atoms with Crippen LogP contribution in [0.15, 0.2) is 0 Å². The molecule has 0 fully saturated rings. The highest BCUT2D eigenvalue weighted by Gasteiger charge is 2.28. The van der Waals surface area contributed by atoms with E-state index in [0.717, 1.165) is 19.8 Å². The number of hydrogen-bond donors (Lipinski definition) is 3. The summed E-state index contributed by atoms with van der Waals surface area (Å²) in [4.78, 5) is 33.3. The number of rotatable bonds is 9. The summed E-state index contributed by atoms with van der Waals surface area (Å²) in [5.74, 6) is -4.42. The van der Waals surface area contributed by atoms with Crippen LogP contribution < -0.4 is 10.6 Å². The molecule has 0 spiro atoms. The van der Waals surface area contributed by atoms with Gasteiger partial charge >= 0.3 is 5.97 Å². The van der Waals surface area contributed by atoms with Crippen LogP contribution >= 0.6 is 0 Å². The first-order chi connectivity index (χ1) is 9.57. The molecule has 0 radical (unpaired) electrons. The normalized spacial score (nSPS) is 14.0. The van der Waals surface area contributed by atoms with E-state index >= 15 is 0 Å². The van der Waals surface area contributed by atoms with Gasteiger partial charge in [-0.2, -0.15) is 0 Å². The molecular weight excluding hydrogens is 300 g/mol. The predicted octanol–water partition coefficient (Wildman–Crippen LogP) is -0.705. The molecule has 1 unspecified atom stereocenters. The van der Waals surface area contributed by atoms with Crippen LogP contribution in [0.5, 0.6) is 0 Å². The minimum Gasteiger partial charge on any atom is -0.480 e. The summed E-state index contributed by atoms with van der Waals surface area (Å²) in [6.45, 7) is 4.78. The molecule has 0 heterocycles. The van der Waals surface area contributed by atoms with Crippen molar-refractivity contribution in [3.63, 3.8) is 0 Å². The topological polar surface area (TPSA) is 130 Å². The Hall–Kier alpha value is -1.64. The molecule has 2 atom stereocenters. The maximum atomic E-state index is 11.8. The molecule has 8 nitrogen and oxygen atoms in total. The maximum Gasteiger partial charge on any atom is 0.327 e. The van der Waals surface area contributed by atoms with Crippen LogP contribution in [0.2, 0.25) is 0 Å². The van der Waals surface area contributed by atoms with Gasteiger partial charge in [-0.15, -0.1) is 0 Å². The Kier molecular flexibility index (Phi) is 7.93. The van der Waals surface area contributed by atoms with E-state index in [1.165, 1.54) is 0 Å². The quantitative estimate of drug-likeness (QED) is 0.514. The van der Waals surface area contributed by atoms with Crippen LogP contribution in [0.25, 0.3) is 0 Å². The number of hydrogen-bond acceptors (Lipinski definition) is 5. The van der Waals surface area contributed by atoms with Crippen LogP contribution in [0.3, 0.4) is 0 Å². The van der Waals surface area contributed by atoms with Gasteiger partial charge in [-0.05, 0) is 13.3 Å². The summed E-state index contributed by atoms with van der Waals surface area (Å²) in [6, 6.07) is -1.71. The molecule has 0 aliphatic rings. The van der Waals surface area contributed by atoms with Crippen LogP contribution in [-0.4, -0.2) is 54.9 Å². The first-order valence-electron chi connectivity index (χ1n) is 6.57. The van der Waals surface area contributed by atoms with Gasteiger partial charge in [-0.1, -0.05) is 13.3 Å². The van der Waals surface area contributed by atoms with Crippen LogP contribution in [-0.2, 0) is 24.2 Å². The lowest BCUT2D eigenvalue weighted by Gasteiger charge is -2.15. The van der Waals surface area contributed by atoms with E-state index in [9.17, 15) is 22.8 Å². The molecule has 122 valence electrons. The maximum absolute atomic E-state index is 11.8. The molecular formula is C12H22N2O6S. The zero-order valence-electron chi connectivity index (χ0n) is 12.4. The SMILES string of the molecule is CCCC(C)NC(=O)CS(=O)(=O)C[C@H](NC(C)=O)C(=O)O. The average Bonchev–Trinajstić information content (AvgIpc) is 2.25. The summed E-state index contributed by atoms with van der Waals surface area (Å²) in [5.41, 5.74) is 0. The van der Waals surface area contributed by atoms with Crippen LogP contribution in [0.1, 0.15) is 33.6 Å². The van der Waals surface area contributed by atoms with Gasteiger partial charge < -0.3 is 15.7 Å². The molecule has 9 heteroatoms. The lowest BCUT2D eigenvalue weighted by atomic mass is 10.2. The second kappa shape index (κ2) is 8.60. The molecule has 3 N–H and O–H groups in total.